The van der Waals surface area contributed by atoms with Crippen LogP contribution >= 0.6 is 0 Å². The van der Waals surface area contributed by atoms with Gasteiger partial charge in [0.15, 0.2) is 0 Å². The van der Waals surface area contributed by atoms with Crippen molar-refractivity contribution < 1.29 is 9.32 Å². The Hall–Kier alpha value is -2.14. The summed E-state index contributed by atoms with van der Waals surface area (Å²) in [6.45, 7) is 8.11. The fourth-order valence-corrected chi connectivity index (χ4v) is 5.15. The molecule has 1 aromatic heterocycles. The van der Waals surface area contributed by atoms with Crippen molar-refractivity contribution in [3.05, 3.63) is 52.9 Å². The molecule has 4 rings (SSSR count). The van der Waals surface area contributed by atoms with Crippen LogP contribution in [0.2, 0.25) is 0 Å². The van der Waals surface area contributed by atoms with Crippen molar-refractivity contribution in [1.82, 2.24) is 15.0 Å². The number of hydrogen-bond acceptors (Lipinski definition) is 4. The van der Waals surface area contributed by atoms with Crippen LogP contribution < -0.4 is 0 Å². The number of nitrogens with zero attached hydrogens (tertiary/aromatic N) is 3. The summed E-state index contributed by atoms with van der Waals surface area (Å²) in [5, 5.41) is 4.00. The summed E-state index contributed by atoms with van der Waals surface area (Å²) >= 11 is 0. The molecule has 1 aromatic carbocycles. The minimum atomic E-state index is 0.242. The first-order valence-corrected chi connectivity index (χ1v) is 11.1. The molecule has 0 N–H and O–H groups in total. The van der Waals surface area contributed by atoms with Crippen LogP contribution in [-0.4, -0.2) is 53.1 Å². The molecule has 0 saturated carbocycles. The fourth-order valence-electron chi connectivity index (χ4n) is 5.15. The summed E-state index contributed by atoms with van der Waals surface area (Å²) in [5.74, 6) is 1.63. The van der Waals surface area contributed by atoms with Gasteiger partial charge in [-0.15, -0.1) is 0 Å². The molecular weight excluding hydrogens is 362 g/mol. The van der Waals surface area contributed by atoms with Gasteiger partial charge in [0.2, 0.25) is 5.91 Å². The Morgan fingerprint density at radius 2 is 2.00 bits per heavy atom. The number of rotatable bonds is 6. The van der Waals surface area contributed by atoms with Crippen LogP contribution in [0.3, 0.4) is 0 Å². The molecule has 3 heterocycles. The summed E-state index contributed by atoms with van der Waals surface area (Å²) in [5.41, 5.74) is 3.24. The highest BCUT2D eigenvalue weighted by Crippen LogP contribution is 2.31. The molecule has 0 radical (unpaired) electrons. The molecule has 2 saturated heterocycles. The van der Waals surface area contributed by atoms with E-state index in [2.05, 4.69) is 45.3 Å². The van der Waals surface area contributed by atoms with E-state index in [1.54, 1.807) is 0 Å². The van der Waals surface area contributed by atoms with E-state index in [9.17, 15) is 4.79 Å². The Kier molecular flexibility index (Phi) is 6.34. The molecule has 0 unspecified atom stereocenters. The van der Waals surface area contributed by atoms with E-state index in [4.69, 9.17) is 4.52 Å². The average molecular weight is 396 g/mol. The van der Waals surface area contributed by atoms with Crippen LogP contribution in [0.15, 0.2) is 34.9 Å². The number of piperidine rings is 2. The number of carbonyl (C=O) groups is 1. The number of aryl methyl sites for hydroxylation is 3. The molecule has 2 atom stereocenters. The molecule has 29 heavy (non-hydrogen) atoms. The Labute approximate surface area is 174 Å². The molecule has 2 aliphatic heterocycles. The lowest BCUT2D eigenvalue weighted by Crippen LogP contribution is -2.56. The van der Waals surface area contributed by atoms with Crippen molar-refractivity contribution in [2.75, 3.05) is 26.2 Å². The minimum absolute atomic E-state index is 0.242. The third-order valence-corrected chi connectivity index (χ3v) is 6.76. The van der Waals surface area contributed by atoms with Crippen molar-refractivity contribution >= 4 is 5.91 Å². The van der Waals surface area contributed by atoms with Crippen molar-refractivity contribution in [2.45, 2.75) is 58.4 Å². The first kappa shape index (κ1) is 20.1. The third-order valence-electron chi connectivity index (χ3n) is 6.76. The summed E-state index contributed by atoms with van der Waals surface area (Å²) in [6.07, 6.45) is 6.24. The number of carbonyl (C=O) groups excluding carboxylic acids is 1. The maximum Gasteiger partial charge on any atom is 0.227 e. The van der Waals surface area contributed by atoms with E-state index in [1.807, 2.05) is 13.8 Å². The highest BCUT2D eigenvalue weighted by atomic mass is 16.5. The van der Waals surface area contributed by atoms with E-state index >= 15 is 0 Å². The minimum Gasteiger partial charge on any atom is -0.361 e. The van der Waals surface area contributed by atoms with Crippen LogP contribution in [0, 0.1) is 19.8 Å². The van der Waals surface area contributed by atoms with E-state index in [0.717, 1.165) is 62.5 Å². The van der Waals surface area contributed by atoms with Crippen molar-refractivity contribution in [3.63, 3.8) is 0 Å². The van der Waals surface area contributed by atoms with Crippen LogP contribution in [-0.2, 0) is 17.6 Å². The van der Waals surface area contributed by atoms with Crippen molar-refractivity contribution in [3.8, 4) is 0 Å². The number of benzene rings is 1. The van der Waals surface area contributed by atoms with Gasteiger partial charge >= 0.3 is 0 Å². The molecule has 0 bridgehead atoms. The second kappa shape index (κ2) is 9.12. The molecule has 0 spiro atoms. The van der Waals surface area contributed by atoms with Crippen molar-refractivity contribution in [1.29, 1.82) is 0 Å². The lowest BCUT2D eigenvalue weighted by atomic mass is 9.83. The average Bonchev–Trinajstić information content (AvgIpc) is 3.06. The van der Waals surface area contributed by atoms with Crippen molar-refractivity contribution in [2.24, 2.45) is 5.92 Å². The lowest BCUT2D eigenvalue weighted by molar-refractivity contribution is -0.137. The topological polar surface area (TPSA) is 49.6 Å². The second-order valence-corrected chi connectivity index (χ2v) is 8.71. The SMILES string of the molecule is Cc1noc(C)c1CC(=O)N1CCC[C@@H]2CN(CCCc3ccccc3)CC[C@@H]21. The smallest absolute Gasteiger partial charge is 0.227 e. The molecule has 156 valence electrons. The van der Waals surface area contributed by atoms with Gasteiger partial charge in [0.05, 0.1) is 12.1 Å². The van der Waals surface area contributed by atoms with Gasteiger partial charge in [0.1, 0.15) is 5.76 Å². The van der Waals surface area contributed by atoms with Crippen LogP contribution in [0.4, 0.5) is 0 Å². The number of hydrogen-bond donors (Lipinski definition) is 0. The zero-order chi connectivity index (χ0) is 20.2. The van der Waals surface area contributed by atoms with Crippen LogP contribution in [0.5, 0.6) is 0 Å². The predicted molar refractivity (Wildman–Crippen MR) is 114 cm³/mol. The Balaban J connectivity index is 1.30. The largest absolute Gasteiger partial charge is 0.361 e. The second-order valence-electron chi connectivity index (χ2n) is 8.71. The lowest BCUT2D eigenvalue weighted by Gasteiger charge is -2.47. The predicted octanol–water partition coefficient (Wildman–Crippen LogP) is 3.78. The van der Waals surface area contributed by atoms with Crippen LogP contribution in [0.25, 0.3) is 0 Å². The summed E-state index contributed by atoms with van der Waals surface area (Å²) in [7, 11) is 0. The Morgan fingerprint density at radius 1 is 1.17 bits per heavy atom. The first-order chi connectivity index (χ1) is 14.1. The highest BCUT2D eigenvalue weighted by Gasteiger charge is 2.38. The number of fused-ring (bicyclic) bond motifs is 1. The number of likely N-dealkylation sites (tertiary alicyclic amines) is 2. The van der Waals surface area contributed by atoms with Gasteiger partial charge in [-0.1, -0.05) is 35.5 Å². The molecule has 2 aromatic rings. The molecule has 0 aliphatic carbocycles. The zero-order valence-corrected chi connectivity index (χ0v) is 17.8. The molecular formula is C24H33N3O2. The normalized spacial score (nSPS) is 22.5. The number of amides is 1. The van der Waals surface area contributed by atoms with Gasteiger partial charge in [-0.25, -0.2) is 0 Å². The number of aromatic nitrogens is 1. The van der Waals surface area contributed by atoms with E-state index in [0.29, 0.717) is 18.4 Å². The Bertz CT molecular complexity index is 797. The summed E-state index contributed by atoms with van der Waals surface area (Å²) in [4.78, 5) is 17.9. The van der Waals surface area contributed by atoms with E-state index in [1.165, 1.54) is 18.4 Å². The molecule has 2 aliphatic rings. The van der Waals surface area contributed by atoms with Crippen LogP contribution in [0.1, 0.15) is 48.3 Å². The summed E-state index contributed by atoms with van der Waals surface area (Å²) in [6, 6.07) is 11.2. The third kappa shape index (κ3) is 4.72. The summed E-state index contributed by atoms with van der Waals surface area (Å²) < 4.78 is 5.25. The monoisotopic (exact) mass is 395 g/mol. The zero-order valence-electron chi connectivity index (χ0n) is 17.8. The quantitative estimate of drug-likeness (QED) is 0.747. The van der Waals surface area contributed by atoms with Gasteiger partial charge in [0.25, 0.3) is 0 Å². The van der Waals surface area contributed by atoms with Gasteiger partial charge in [0, 0.05) is 31.2 Å². The van der Waals surface area contributed by atoms with E-state index in [-0.39, 0.29) is 5.91 Å². The maximum absolute atomic E-state index is 13.1. The van der Waals surface area contributed by atoms with Gasteiger partial charge in [-0.05, 0) is 64.0 Å². The van der Waals surface area contributed by atoms with Gasteiger partial charge < -0.3 is 14.3 Å². The molecule has 1 amide bonds. The van der Waals surface area contributed by atoms with Gasteiger partial charge in [-0.2, -0.15) is 0 Å². The van der Waals surface area contributed by atoms with Gasteiger partial charge in [-0.3, -0.25) is 4.79 Å². The first-order valence-electron chi connectivity index (χ1n) is 11.1. The molecule has 5 heteroatoms. The fraction of sp³-hybridized carbons (Fsp3) is 0.583. The van der Waals surface area contributed by atoms with E-state index < -0.39 is 0 Å². The molecule has 5 nitrogen and oxygen atoms in total. The molecule has 2 fully saturated rings. The maximum atomic E-state index is 13.1. The standard InChI is InChI=1S/C24H33N3O2/c1-18-22(19(2)29-25-18)16-24(28)27-14-7-11-21-17-26(15-12-23(21)27)13-6-10-20-8-4-3-5-9-20/h3-5,8-9,21,23H,6-7,10-17H2,1-2H3/t21-,23+/m1/s1. The highest BCUT2D eigenvalue weighted by molar-refractivity contribution is 5.79. The Morgan fingerprint density at radius 3 is 2.76 bits per heavy atom.